The third-order valence-corrected chi connectivity index (χ3v) is 2.39. The van der Waals surface area contributed by atoms with E-state index in [1.165, 1.54) is 5.57 Å². The van der Waals surface area contributed by atoms with Crippen LogP contribution in [-0.2, 0) is 4.89 Å². The van der Waals surface area contributed by atoms with Gasteiger partial charge in [0.2, 0.25) is 0 Å². The minimum atomic E-state index is 0.380. The maximum atomic E-state index is 8.24. The third kappa shape index (κ3) is 2.47. The molecule has 2 unspecified atom stereocenters. The smallest absolute Gasteiger partial charge is 0.0882 e. The summed E-state index contributed by atoms with van der Waals surface area (Å²) in [5.41, 5.74) is 1.22. The molecular formula is C10H16O2. The Morgan fingerprint density at radius 1 is 1.58 bits per heavy atom. The molecule has 0 saturated heterocycles. The van der Waals surface area contributed by atoms with Crippen LogP contribution in [0.5, 0.6) is 0 Å². The van der Waals surface area contributed by atoms with E-state index in [1.54, 1.807) is 0 Å². The average Bonchev–Trinajstić information content (AvgIpc) is 2.06. The van der Waals surface area contributed by atoms with Gasteiger partial charge in [-0.1, -0.05) is 24.3 Å². The van der Waals surface area contributed by atoms with E-state index in [4.69, 9.17) is 5.26 Å². The number of hydrogen-bond donors (Lipinski definition) is 1. The lowest BCUT2D eigenvalue weighted by atomic mass is 9.86. The van der Waals surface area contributed by atoms with Crippen LogP contribution in [0.2, 0.25) is 0 Å². The zero-order valence-electron chi connectivity index (χ0n) is 7.49. The van der Waals surface area contributed by atoms with E-state index in [0.29, 0.717) is 18.4 Å². The van der Waals surface area contributed by atoms with E-state index in [1.807, 2.05) is 0 Å². The fourth-order valence-corrected chi connectivity index (χ4v) is 1.52. The van der Waals surface area contributed by atoms with Gasteiger partial charge in [0.15, 0.2) is 0 Å². The first-order valence-electron chi connectivity index (χ1n) is 4.34. The predicted molar refractivity (Wildman–Crippen MR) is 48.7 cm³/mol. The third-order valence-electron chi connectivity index (χ3n) is 2.39. The van der Waals surface area contributed by atoms with E-state index in [2.05, 4.69) is 30.5 Å². The molecular weight excluding hydrogens is 152 g/mol. The van der Waals surface area contributed by atoms with Crippen LogP contribution in [0.15, 0.2) is 24.3 Å². The van der Waals surface area contributed by atoms with Crippen LogP contribution in [0.3, 0.4) is 0 Å². The summed E-state index contributed by atoms with van der Waals surface area (Å²) in [6.45, 7) is 6.39. The fourth-order valence-electron chi connectivity index (χ4n) is 1.52. The summed E-state index contributed by atoms with van der Waals surface area (Å²) in [6.07, 6.45) is 6.48. The lowest BCUT2D eigenvalue weighted by Gasteiger charge is -2.21. The lowest BCUT2D eigenvalue weighted by molar-refractivity contribution is -0.248. The van der Waals surface area contributed by atoms with Gasteiger partial charge in [-0.3, -0.25) is 5.26 Å². The van der Waals surface area contributed by atoms with Gasteiger partial charge in [-0.2, -0.15) is 0 Å². The Balaban J connectivity index is 2.42. The largest absolute Gasteiger partial charge is 0.252 e. The Kier molecular flexibility index (Phi) is 3.50. The Bertz CT molecular complexity index is 184. The number of rotatable bonds is 3. The van der Waals surface area contributed by atoms with Gasteiger partial charge in [-0.05, 0) is 25.7 Å². The second-order valence-corrected chi connectivity index (χ2v) is 3.47. The van der Waals surface area contributed by atoms with E-state index >= 15 is 0 Å². The van der Waals surface area contributed by atoms with Crippen molar-refractivity contribution in [3.63, 3.8) is 0 Å². The minimum absolute atomic E-state index is 0.380. The molecule has 0 amide bonds. The van der Waals surface area contributed by atoms with Crippen molar-refractivity contribution in [3.8, 4) is 0 Å². The first-order chi connectivity index (χ1) is 5.74. The molecule has 12 heavy (non-hydrogen) atoms. The van der Waals surface area contributed by atoms with E-state index < -0.39 is 0 Å². The summed E-state index contributed by atoms with van der Waals surface area (Å²) in [7, 11) is 0. The molecule has 1 rings (SSSR count). The molecule has 0 aromatic rings. The molecule has 0 heterocycles. The van der Waals surface area contributed by atoms with Gasteiger partial charge in [0, 0.05) is 5.92 Å². The topological polar surface area (TPSA) is 29.5 Å². The molecule has 0 radical (unpaired) electrons. The van der Waals surface area contributed by atoms with Crippen molar-refractivity contribution in [2.45, 2.75) is 19.8 Å². The monoisotopic (exact) mass is 168 g/mol. The van der Waals surface area contributed by atoms with Gasteiger partial charge in [0.1, 0.15) is 0 Å². The van der Waals surface area contributed by atoms with Gasteiger partial charge >= 0.3 is 0 Å². The molecule has 0 bridgehead atoms. The molecule has 1 N–H and O–H groups in total. The van der Waals surface area contributed by atoms with Crippen molar-refractivity contribution in [2.24, 2.45) is 11.8 Å². The second-order valence-electron chi connectivity index (χ2n) is 3.47. The second kappa shape index (κ2) is 4.43. The van der Waals surface area contributed by atoms with Crippen molar-refractivity contribution in [2.75, 3.05) is 6.61 Å². The van der Waals surface area contributed by atoms with Crippen LogP contribution in [0.1, 0.15) is 19.8 Å². The summed E-state index contributed by atoms with van der Waals surface area (Å²) in [5, 5.41) is 8.24. The molecule has 68 valence electrons. The molecule has 0 aliphatic heterocycles. The summed E-state index contributed by atoms with van der Waals surface area (Å²) >= 11 is 0. The Morgan fingerprint density at radius 2 is 2.33 bits per heavy atom. The van der Waals surface area contributed by atoms with Gasteiger partial charge in [-0.25, -0.2) is 4.89 Å². The van der Waals surface area contributed by atoms with Gasteiger partial charge in [0.25, 0.3) is 0 Å². The quantitative estimate of drug-likeness (QED) is 0.399. The summed E-state index contributed by atoms with van der Waals surface area (Å²) < 4.78 is 0. The van der Waals surface area contributed by atoms with Crippen molar-refractivity contribution >= 4 is 0 Å². The van der Waals surface area contributed by atoms with Gasteiger partial charge < -0.3 is 0 Å². The molecule has 0 aromatic carbocycles. The van der Waals surface area contributed by atoms with E-state index in [0.717, 1.165) is 12.8 Å². The van der Waals surface area contributed by atoms with Gasteiger partial charge in [0.05, 0.1) is 6.61 Å². The molecule has 0 saturated carbocycles. The molecule has 2 nitrogen and oxygen atoms in total. The molecule has 2 atom stereocenters. The standard InChI is InChI=1S/C10H16O2/c1-8(2)10-5-3-9(4-6-10)7-12-11/h3,5,9-11H,1,4,6-7H2,2H3. The highest BCUT2D eigenvalue weighted by Crippen LogP contribution is 2.26. The summed E-state index contributed by atoms with van der Waals surface area (Å²) in [5.74, 6) is 0.908. The minimum Gasteiger partial charge on any atom is -0.252 e. The molecule has 0 aromatic heterocycles. The van der Waals surface area contributed by atoms with E-state index in [-0.39, 0.29) is 0 Å². The molecule has 0 spiro atoms. The molecule has 0 fully saturated rings. The predicted octanol–water partition coefficient (Wildman–Crippen LogP) is 2.63. The maximum Gasteiger partial charge on any atom is 0.0882 e. The SMILES string of the molecule is C=C(C)C1C=CC(COO)CC1. The van der Waals surface area contributed by atoms with Crippen LogP contribution in [0, 0.1) is 11.8 Å². The van der Waals surface area contributed by atoms with Crippen LogP contribution < -0.4 is 0 Å². The zero-order valence-corrected chi connectivity index (χ0v) is 7.49. The highest BCUT2D eigenvalue weighted by atomic mass is 17.1. The maximum absolute atomic E-state index is 8.24. The Hall–Kier alpha value is -0.600. The van der Waals surface area contributed by atoms with Crippen molar-refractivity contribution in [3.05, 3.63) is 24.3 Å². The first-order valence-corrected chi connectivity index (χ1v) is 4.34. The van der Waals surface area contributed by atoms with Crippen LogP contribution in [0.4, 0.5) is 0 Å². The van der Waals surface area contributed by atoms with Crippen LogP contribution in [0.25, 0.3) is 0 Å². The lowest BCUT2D eigenvalue weighted by Crippen LogP contribution is -2.13. The summed E-state index contributed by atoms with van der Waals surface area (Å²) in [4.78, 5) is 4.10. The summed E-state index contributed by atoms with van der Waals surface area (Å²) in [6, 6.07) is 0. The van der Waals surface area contributed by atoms with Crippen molar-refractivity contribution in [1.29, 1.82) is 0 Å². The van der Waals surface area contributed by atoms with Crippen LogP contribution in [-0.4, -0.2) is 11.9 Å². The highest BCUT2D eigenvalue weighted by Gasteiger charge is 2.15. The molecule has 1 aliphatic rings. The molecule has 1 aliphatic carbocycles. The van der Waals surface area contributed by atoms with Gasteiger partial charge in [-0.15, -0.1) is 0 Å². The zero-order chi connectivity index (χ0) is 8.97. The normalized spacial score (nSPS) is 28.8. The Morgan fingerprint density at radius 3 is 2.75 bits per heavy atom. The van der Waals surface area contributed by atoms with Crippen molar-refractivity contribution in [1.82, 2.24) is 0 Å². The number of allylic oxidation sites excluding steroid dienone is 2. The Labute approximate surface area is 73.5 Å². The van der Waals surface area contributed by atoms with Crippen molar-refractivity contribution < 1.29 is 10.1 Å². The molecule has 2 heteroatoms. The first kappa shape index (κ1) is 9.49. The fraction of sp³-hybridized carbons (Fsp3) is 0.600. The average molecular weight is 168 g/mol. The number of hydrogen-bond acceptors (Lipinski definition) is 2. The van der Waals surface area contributed by atoms with E-state index in [9.17, 15) is 0 Å². The highest BCUT2D eigenvalue weighted by molar-refractivity contribution is 5.10. The van der Waals surface area contributed by atoms with Crippen LogP contribution >= 0.6 is 0 Å².